The second-order valence-corrected chi connectivity index (χ2v) is 6.40. The normalized spacial score (nSPS) is 15.8. The largest absolute Gasteiger partial charge is 0.492 e. The highest BCUT2D eigenvalue weighted by Gasteiger charge is 2.45. The van der Waals surface area contributed by atoms with E-state index in [0.29, 0.717) is 37.0 Å². The molecule has 2 rings (SSSR count). The van der Waals surface area contributed by atoms with Crippen molar-refractivity contribution < 1.29 is 19.0 Å². The van der Waals surface area contributed by atoms with Crippen molar-refractivity contribution in [2.75, 3.05) is 26.9 Å². The molecule has 0 radical (unpaired) electrons. The number of benzene rings is 1. The SMILES string of the molecule is CCOC(=O)C1(Cc2ccc(Cl)c(OCCCOC)c2)CCC1. The van der Waals surface area contributed by atoms with Gasteiger partial charge in [0.2, 0.25) is 0 Å². The summed E-state index contributed by atoms with van der Waals surface area (Å²) in [7, 11) is 1.67. The fraction of sp³-hybridized carbons (Fsp3) is 0.611. The second-order valence-electron chi connectivity index (χ2n) is 5.99. The van der Waals surface area contributed by atoms with Gasteiger partial charge < -0.3 is 14.2 Å². The lowest BCUT2D eigenvalue weighted by Gasteiger charge is -2.39. The molecule has 0 bridgehead atoms. The molecule has 5 heteroatoms. The quantitative estimate of drug-likeness (QED) is 0.503. The highest BCUT2D eigenvalue weighted by molar-refractivity contribution is 6.32. The van der Waals surface area contributed by atoms with Gasteiger partial charge in [-0.1, -0.05) is 24.1 Å². The molecule has 0 unspecified atom stereocenters. The number of ether oxygens (including phenoxy) is 3. The van der Waals surface area contributed by atoms with Gasteiger partial charge in [-0.15, -0.1) is 0 Å². The van der Waals surface area contributed by atoms with Crippen LogP contribution in [0.3, 0.4) is 0 Å². The lowest BCUT2D eigenvalue weighted by atomic mass is 9.65. The highest BCUT2D eigenvalue weighted by atomic mass is 35.5. The third-order valence-corrected chi connectivity index (χ3v) is 4.62. The van der Waals surface area contributed by atoms with Gasteiger partial charge in [0.25, 0.3) is 0 Å². The Morgan fingerprint density at radius 3 is 2.70 bits per heavy atom. The van der Waals surface area contributed by atoms with Crippen molar-refractivity contribution in [1.29, 1.82) is 0 Å². The summed E-state index contributed by atoms with van der Waals surface area (Å²) in [6.45, 7) is 3.48. The summed E-state index contributed by atoms with van der Waals surface area (Å²) in [5.41, 5.74) is 0.695. The van der Waals surface area contributed by atoms with Crippen molar-refractivity contribution in [3.63, 3.8) is 0 Å². The number of methoxy groups -OCH3 is 1. The lowest BCUT2D eigenvalue weighted by molar-refractivity contribution is -0.161. The maximum Gasteiger partial charge on any atom is 0.312 e. The molecule has 0 aromatic heterocycles. The maximum atomic E-state index is 12.3. The average Bonchev–Trinajstić information content (AvgIpc) is 2.50. The first-order valence-electron chi connectivity index (χ1n) is 8.18. The van der Waals surface area contributed by atoms with E-state index in [0.717, 1.165) is 31.2 Å². The third-order valence-electron chi connectivity index (χ3n) is 4.31. The second kappa shape index (κ2) is 8.55. The zero-order chi connectivity index (χ0) is 16.7. The van der Waals surface area contributed by atoms with E-state index in [1.54, 1.807) is 7.11 Å². The Bertz CT molecular complexity index is 526. The van der Waals surface area contributed by atoms with Crippen molar-refractivity contribution in [1.82, 2.24) is 0 Å². The smallest absolute Gasteiger partial charge is 0.312 e. The van der Waals surface area contributed by atoms with Crippen LogP contribution in [0.1, 0.15) is 38.2 Å². The first-order chi connectivity index (χ1) is 11.1. The monoisotopic (exact) mass is 340 g/mol. The molecule has 1 saturated carbocycles. The number of rotatable bonds is 9. The van der Waals surface area contributed by atoms with Crippen LogP contribution in [0.2, 0.25) is 5.02 Å². The minimum atomic E-state index is -0.364. The molecule has 0 aliphatic heterocycles. The Balaban J connectivity index is 2.03. The minimum absolute atomic E-state index is 0.0798. The van der Waals surface area contributed by atoms with E-state index in [9.17, 15) is 4.79 Å². The first-order valence-corrected chi connectivity index (χ1v) is 8.56. The molecule has 1 aliphatic rings. The van der Waals surface area contributed by atoms with Gasteiger partial charge in [-0.25, -0.2) is 0 Å². The molecule has 0 spiro atoms. The van der Waals surface area contributed by atoms with Crippen molar-refractivity contribution in [3.8, 4) is 5.75 Å². The van der Waals surface area contributed by atoms with Crippen molar-refractivity contribution in [2.24, 2.45) is 5.41 Å². The van der Waals surface area contributed by atoms with Crippen LogP contribution >= 0.6 is 11.6 Å². The van der Waals surface area contributed by atoms with Gasteiger partial charge in [0.1, 0.15) is 5.75 Å². The predicted molar refractivity (Wildman–Crippen MR) is 90.1 cm³/mol. The molecule has 0 atom stereocenters. The highest BCUT2D eigenvalue weighted by Crippen LogP contribution is 2.45. The molecule has 1 aliphatic carbocycles. The van der Waals surface area contributed by atoms with Crippen LogP contribution in [0.15, 0.2) is 18.2 Å². The summed E-state index contributed by atoms with van der Waals surface area (Å²) in [6.07, 6.45) is 4.34. The number of hydrogen-bond acceptors (Lipinski definition) is 4. The Kier molecular flexibility index (Phi) is 6.72. The molecule has 4 nitrogen and oxygen atoms in total. The Morgan fingerprint density at radius 1 is 1.30 bits per heavy atom. The van der Waals surface area contributed by atoms with Gasteiger partial charge in [0.05, 0.1) is 23.7 Å². The molecule has 1 aromatic rings. The van der Waals surface area contributed by atoms with Gasteiger partial charge >= 0.3 is 5.97 Å². The molecule has 0 amide bonds. The van der Waals surface area contributed by atoms with Gasteiger partial charge in [-0.3, -0.25) is 4.79 Å². The lowest BCUT2D eigenvalue weighted by Crippen LogP contribution is -2.41. The first kappa shape index (κ1) is 18.1. The van der Waals surface area contributed by atoms with E-state index in [4.69, 9.17) is 25.8 Å². The molecular formula is C18H25ClO4. The molecule has 0 N–H and O–H groups in total. The zero-order valence-corrected chi connectivity index (χ0v) is 14.7. The van der Waals surface area contributed by atoms with E-state index in [1.807, 2.05) is 25.1 Å². The summed E-state index contributed by atoms with van der Waals surface area (Å²) in [6, 6.07) is 5.73. The molecule has 1 fully saturated rings. The minimum Gasteiger partial charge on any atom is -0.492 e. The molecule has 128 valence electrons. The van der Waals surface area contributed by atoms with Crippen molar-refractivity contribution in [2.45, 2.75) is 39.0 Å². The fourth-order valence-corrected chi connectivity index (χ4v) is 3.06. The van der Waals surface area contributed by atoms with Crippen LogP contribution in [-0.4, -0.2) is 32.9 Å². The maximum absolute atomic E-state index is 12.3. The zero-order valence-electron chi connectivity index (χ0n) is 13.9. The fourth-order valence-electron chi connectivity index (χ4n) is 2.89. The Morgan fingerprint density at radius 2 is 2.09 bits per heavy atom. The summed E-state index contributed by atoms with van der Waals surface area (Å²) in [5, 5.41) is 0.588. The van der Waals surface area contributed by atoms with Crippen LogP contribution in [0.5, 0.6) is 5.75 Å². The Labute approximate surface area is 143 Å². The summed E-state index contributed by atoms with van der Waals surface area (Å²) >= 11 is 6.19. The van der Waals surface area contributed by atoms with Gasteiger partial charge in [-0.05, 0) is 43.9 Å². The van der Waals surface area contributed by atoms with E-state index >= 15 is 0 Å². The number of carbonyl (C=O) groups excluding carboxylic acids is 1. The molecule has 1 aromatic carbocycles. The summed E-state index contributed by atoms with van der Waals surface area (Å²) in [4.78, 5) is 12.3. The van der Waals surface area contributed by atoms with Gasteiger partial charge in [0, 0.05) is 20.1 Å². The standard InChI is InChI=1S/C18H25ClO4/c1-3-22-17(20)18(8-4-9-18)13-14-6-7-15(19)16(12-14)23-11-5-10-21-2/h6-7,12H,3-5,8-11,13H2,1-2H3. The van der Waals surface area contributed by atoms with Crippen LogP contribution in [0, 0.1) is 5.41 Å². The summed E-state index contributed by atoms with van der Waals surface area (Å²) in [5.74, 6) is 0.586. The Hall–Kier alpha value is -1.26. The van der Waals surface area contributed by atoms with Crippen LogP contribution < -0.4 is 4.74 Å². The van der Waals surface area contributed by atoms with Crippen LogP contribution in [0.25, 0.3) is 0 Å². The van der Waals surface area contributed by atoms with E-state index in [1.165, 1.54) is 0 Å². The van der Waals surface area contributed by atoms with E-state index in [-0.39, 0.29) is 11.4 Å². The number of esters is 1. The van der Waals surface area contributed by atoms with Gasteiger partial charge in [-0.2, -0.15) is 0 Å². The van der Waals surface area contributed by atoms with E-state index < -0.39 is 0 Å². The molecular weight excluding hydrogens is 316 g/mol. The molecule has 0 saturated heterocycles. The number of carbonyl (C=O) groups is 1. The molecule has 0 heterocycles. The van der Waals surface area contributed by atoms with Gasteiger partial charge in [0.15, 0.2) is 0 Å². The third kappa shape index (κ3) is 4.61. The topological polar surface area (TPSA) is 44.8 Å². The van der Waals surface area contributed by atoms with Crippen molar-refractivity contribution >= 4 is 17.6 Å². The number of hydrogen-bond donors (Lipinski definition) is 0. The summed E-state index contributed by atoms with van der Waals surface area (Å²) < 4.78 is 16.0. The van der Waals surface area contributed by atoms with Crippen LogP contribution in [0.4, 0.5) is 0 Å². The predicted octanol–water partition coefficient (Wildman–Crippen LogP) is 4.03. The van der Waals surface area contributed by atoms with Crippen molar-refractivity contribution in [3.05, 3.63) is 28.8 Å². The van der Waals surface area contributed by atoms with Crippen LogP contribution in [-0.2, 0) is 20.7 Å². The van der Waals surface area contributed by atoms with E-state index in [2.05, 4.69) is 0 Å². The average molecular weight is 341 g/mol. The molecule has 23 heavy (non-hydrogen) atoms. The number of halogens is 1.